The van der Waals surface area contributed by atoms with Crippen LogP contribution in [0.5, 0.6) is 0 Å². The molecule has 0 aromatic heterocycles. The molecule has 2 nitrogen and oxygen atoms in total. The fourth-order valence-electron chi connectivity index (χ4n) is 2.72. The lowest BCUT2D eigenvalue weighted by atomic mass is 10.1. The van der Waals surface area contributed by atoms with E-state index in [1.807, 2.05) is 25.1 Å². The van der Waals surface area contributed by atoms with Gasteiger partial charge in [-0.2, -0.15) is 0 Å². The molecule has 1 aliphatic rings. The first-order chi connectivity index (χ1) is 10.7. The maximum Gasteiger partial charge on any atom is 0.236 e. The Bertz CT molecular complexity index is 663. The monoisotopic (exact) mass is 315 g/mol. The summed E-state index contributed by atoms with van der Waals surface area (Å²) in [7, 11) is 0. The Morgan fingerprint density at radius 2 is 2.09 bits per heavy atom. The van der Waals surface area contributed by atoms with Gasteiger partial charge in [0.05, 0.1) is 5.25 Å². The first-order valence-electron chi connectivity index (χ1n) is 7.45. The molecular formula is C18H18FNOS. The highest BCUT2D eigenvalue weighted by atomic mass is 32.2. The molecule has 0 N–H and O–H groups in total. The van der Waals surface area contributed by atoms with Crippen LogP contribution in [0.2, 0.25) is 0 Å². The molecule has 0 spiro atoms. The van der Waals surface area contributed by atoms with Crippen LogP contribution in [0.1, 0.15) is 18.1 Å². The number of thioether (sulfide) groups is 1. The number of halogens is 1. The second-order valence-electron chi connectivity index (χ2n) is 5.40. The maximum absolute atomic E-state index is 13.3. The molecule has 0 saturated carbocycles. The van der Waals surface area contributed by atoms with Crippen molar-refractivity contribution in [2.24, 2.45) is 0 Å². The Hall–Kier alpha value is -1.81. The van der Waals surface area contributed by atoms with E-state index in [0.29, 0.717) is 13.1 Å². The maximum atomic E-state index is 13.3. The van der Waals surface area contributed by atoms with Crippen LogP contribution < -0.4 is 0 Å². The summed E-state index contributed by atoms with van der Waals surface area (Å²) < 4.78 is 13.3. The smallest absolute Gasteiger partial charge is 0.236 e. The quantitative estimate of drug-likeness (QED) is 0.853. The number of hydrogen-bond donors (Lipinski definition) is 0. The third-order valence-electron chi connectivity index (χ3n) is 3.88. The van der Waals surface area contributed by atoms with Crippen molar-refractivity contribution in [2.75, 3.05) is 6.54 Å². The number of benzene rings is 2. The van der Waals surface area contributed by atoms with E-state index >= 15 is 0 Å². The van der Waals surface area contributed by atoms with Crippen molar-refractivity contribution in [1.29, 1.82) is 0 Å². The number of rotatable bonds is 4. The zero-order valence-corrected chi connectivity index (χ0v) is 13.3. The molecule has 22 heavy (non-hydrogen) atoms. The van der Waals surface area contributed by atoms with Crippen molar-refractivity contribution in [3.05, 3.63) is 65.5 Å². The van der Waals surface area contributed by atoms with Gasteiger partial charge in [0.15, 0.2) is 0 Å². The predicted molar refractivity (Wildman–Crippen MR) is 87.3 cm³/mol. The molecule has 1 heterocycles. The van der Waals surface area contributed by atoms with Gasteiger partial charge in [0.25, 0.3) is 0 Å². The van der Waals surface area contributed by atoms with Gasteiger partial charge in [-0.3, -0.25) is 4.79 Å². The van der Waals surface area contributed by atoms with Crippen molar-refractivity contribution in [3.63, 3.8) is 0 Å². The Morgan fingerprint density at radius 1 is 1.27 bits per heavy atom. The summed E-state index contributed by atoms with van der Waals surface area (Å²) in [4.78, 5) is 15.7. The van der Waals surface area contributed by atoms with Gasteiger partial charge in [-0.15, -0.1) is 11.8 Å². The summed E-state index contributed by atoms with van der Waals surface area (Å²) in [6, 6.07) is 14.6. The zero-order chi connectivity index (χ0) is 15.5. The van der Waals surface area contributed by atoms with E-state index in [1.165, 1.54) is 22.6 Å². The Kier molecular flexibility index (Phi) is 4.48. The molecular weight excluding hydrogens is 297 g/mol. The Balaban J connectivity index is 1.71. The largest absolute Gasteiger partial charge is 0.338 e. The SMILES string of the molecule is CCN(Cc1cccc(F)c1)C(=O)C1Cc2ccccc2S1. The van der Waals surface area contributed by atoms with E-state index in [4.69, 9.17) is 0 Å². The topological polar surface area (TPSA) is 20.3 Å². The van der Waals surface area contributed by atoms with Gasteiger partial charge in [-0.05, 0) is 42.7 Å². The number of carbonyl (C=O) groups excluding carboxylic acids is 1. The highest BCUT2D eigenvalue weighted by Gasteiger charge is 2.30. The summed E-state index contributed by atoms with van der Waals surface area (Å²) >= 11 is 1.64. The lowest BCUT2D eigenvalue weighted by molar-refractivity contribution is -0.130. The fraction of sp³-hybridized carbons (Fsp3) is 0.278. The number of nitrogens with zero attached hydrogens (tertiary/aromatic N) is 1. The minimum atomic E-state index is -0.261. The van der Waals surface area contributed by atoms with E-state index < -0.39 is 0 Å². The molecule has 0 bridgehead atoms. The van der Waals surface area contributed by atoms with Crippen molar-refractivity contribution in [3.8, 4) is 0 Å². The number of fused-ring (bicyclic) bond motifs is 1. The minimum absolute atomic E-state index is 0.0640. The van der Waals surface area contributed by atoms with E-state index in [1.54, 1.807) is 22.7 Å². The van der Waals surface area contributed by atoms with Crippen LogP contribution >= 0.6 is 11.8 Å². The standard InChI is InChI=1S/C18H18FNOS/c1-2-20(12-13-6-5-8-15(19)10-13)18(21)17-11-14-7-3-4-9-16(14)22-17/h3-10,17H,2,11-12H2,1H3. The van der Waals surface area contributed by atoms with Crippen molar-refractivity contribution in [1.82, 2.24) is 4.90 Å². The van der Waals surface area contributed by atoms with Gasteiger partial charge in [0.2, 0.25) is 5.91 Å². The third-order valence-corrected chi connectivity index (χ3v) is 5.18. The molecule has 0 saturated heterocycles. The van der Waals surface area contributed by atoms with E-state index in [0.717, 1.165) is 12.0 Å². The summed E-state index contributed by atoms with van der Waals surface area (Å²) in [6.07, 6.45) is 0.777. The van der Waals surface area contributed by atoms with Gasteiger partial charge < -0.3 is 4.90 Å². The van der Waals surface area contributed by atoms with Crippen molar-refractivity contribution >= 4 is 17.7 Å². The van der Waals surface area contributed by atoms with Gasteiger partial charge >= 0.3 is 0 Å². The minimum Gasteiger partial charge on any atom is -0.338 e. The molecule has 0 radical (unpaired) electrons. The molecule has 2 aromatic carbocycles. The van der Waals surface area contributed by atoms with E-state index in [-0.39, 0.29) is 17.0 Å². The number of amides is 1. The average Bonchev–Trinajstić information content (AvgIpc) is 2.96. The molecule has 3 rings (SSSR count). The molecule has 1 unspecified atom stereocenters. The second kappa shape index (κ2) is 6.53. The normalized spacial score (nSPS) is 16.4. The van der Waals surface area contributed by atoms with Gasteiger partial charge in [-0.25, -0.2) is 4.39 Å². The van der Waals surface area contributed by atoms with Crippen molar-refractivity contribution in [2.45, 2.75) is 30.0 Å². The molecule has 0 fully saturated rings. The van der Waals surface area contributed by atoms with Crippen LogP contribution in [0.15, 0.2) is 53.4 Å². The van der Waals surface area contributed by atoms with Gasteiger partial charge in [-0.1, -0.05) is 30.3 Å². The first kappa shape index (κ1) is 15.1. The average molecular weight is 315 g/mol. The second-order valence-corrected chi connectivity index (χ2v) is 6.65. The lowest BCUT2D eigenvalue weighted by Gasteiger charge is -2.24. The zero-order valence-electron chi connectivity index (χ0n) is 12.5. The fourth-order valence-corrected chi connectivity index (χ4v) is 4.00. The van der Waals surface area contributed by atoms with Crippen LogP contribution in [0.3, 0.4) is 0 Å². The van der Waals surface area contributed by atoms with E-state index in [9.17, 15) is 9.18 Å². The lowest BCUT2D eigenvalue weighted by Crippen LogP contribution is -2.37. The van der Waals surface area contributed by atoms with Crippen LogP contribution in [0, 0.1) is 5.82 Å². The first-order valence-corrected chi connectivity index (χ1v) is 8.33. The van der Waals surface area contributed by atoms with Gasteiger partial charge in [0.1, 0.15) is 5.82 Å². The Labute approximate surface area is 134 Å². The molecule has 114 valence electrons. The molecule has 1 atom stereocenters. The summed E-state index contributed by atoms with van der Waals surface area (Å²) in [6.45, 7) is 3.05. The third kappa shape index (κ3) is 3.17. The summed E-state index contributed by atoms with van der Waals surface area (Å²) in [5.74, 6) is -0.128. The van der Waals surface area contributed by atoms with Gasteiger partial charge in [0, 0.05) is 18.0 Å². The van der Waals surface area contributed by atoms with Crippen LogP contribution in [0.25, 0.3) is 0 Å². The summed E-state index contributed by atoms with van der Waals surface area (Å²) in [5.41, 5.74) is 2.07. The molecule has 2 aromatic rings. The Morgan fingerprint density at radius 3 is 2.82 bits per heavy atom. The van der Waals surface area contributed by atoms with E-state index in [2.05, 4.69) is 12.1 Å². The summed E-state index contributed by atoms with van der Waals surface area (Å²) in [5, 5.41) is -0.0640. The highest BCUT2D eigenvalue weighted by Crippen LogP contribution is 2.37. The number of hydrogen-bond acceptors (Lipinski definition) is 2. The molecule has 1 aliphatic heterocycles. The van der Waals surface area contributed by atoms with Crippen molar-refractivity contribution < 1.29 is 9.18 Å². The molecule has 0 aliphatic carbocycles. The number of carbonyl (C=O) groups is 1. The molecule has 1 amide bonds. The van der Waals surface area contributed by atoms with Crippen LogP contribution in [0.4, 0.5) is 4.39 Å². The highest BCUT2D eigenvalue weighted by molar-refractivity contribution is 8.01. The van der Waals surface area contributed by atoms with Crippen LogP contribution in [-0.4, -0.2) is 22.6 Å². The predicted octanol–water partition coefficient (Wildman–Crippen LogP) is 3.89. The van der Waals surface area contributed by atoms with Crippen LogP contribution in [-0.2, 0) is 17.8 Å². The molecule has 4 heteroatoms.